The van der Waals surface area contributed by atoms with Gasteiger partial charge in [0.05, 0.1) is 0 Å². The number of hydrogen-bond acceptors (Lipinski definition) is 2. The summed E-state index contributed by atoms with van der Waals surface area (Å²) in [6.45, 7) is 7.58. The summed E-state index contributed by atoms with van der Waals surface area (Å²) in [5, 5.41) is 2.79. The van der Waals surface area contributed by atoms with Gasteiger partial charge < -0.3 is 0 Å². The van der Waals surface area contributed by atoms with Crippen molar-refractivity contribution in [3.63, 3.8) is 0 Å². The number of hydrogen-bond donors (Lipinski definition) is 0. The molecule has 1 atom stereocenters. The van der Waals surface area contributed by atoms with Crippen molar-refractivity contribution in [1.29, 1.82) is 0 Å². The molecule has 102 valence electrons. The van der Waals surface area contributed by atoms with Crippen LogP contribution in [0, 0.1) is 19.8 Å². The highest BCUT2D eigenvalue weighted by molar-refractivity contribution is 7.25. The normalized spacial score (nSPS) is 16.9. The van der Waals surface area contributed by atoms with Crippen LogP contribution in [0.3, 0.4) is 0 Å². The average Bonchev–Trinajstić information content (AvgIpc) is 2.76. The Labute approximate surface area is 124 Å². The van der Waals surface area contributed by atoms with Gasteiger partial charge in [0.25, 0.3) is 0 Å². The van der Waals surface area contributed by atoms with E-state index in [0.717, 1.165) is 12.5 Å². The molecule has 1 aliphatic rings. The Balaban J connectivity index is 0.000000205. The molecule has 0 radical (unpaired) electrons. The molecule has 2 heterocycles. The molecule has 0 fully saturated rings. The molecule has 20 heavy (non-hydrogen) atoms. The van der Waals surface area contributed by atoms with E-state index in [-0.39, 0.29) is 0 Å². The third kappa shape index (κ3) is 2.48. The molecular weight excluding hydrogens is 262 g/mol. The van der Waals surface area contributed by atoms with Crippen molar-refractivity contribution in [1.82, 2.24) is 0 Å². The first-order valence-corrected chi connectivity index (χ1v) is 7.85. The smallest absolute Gasteiger partial charge is 0.0460 e. The Hall–Kier alpha value is -1.67. The van der Waals surface area contributed by atoms with Gasteiger partial charge in [-0.15, -0.1) is 11.3 Å². The van der Waals surface area contributed by atoms with Crippen LogP contribution in [-0.4, -0.2) is 12.8 Å². The van der Waals surface area contributed by atoms with Crippen molar-refractivity contribution in [3.8, 4) is 0 Å². The Kier molecular flexibility index (Phi) is 3.58. The van der Waals surface area contributed by atoms with Gasteiger partial charge in [0, 0.05) is 38.8 Å². The summed E-state index contributed by atoms with van der Waals surface area (Å²) in [4.78, 5) is 3.87. The van der Waals surface area contributed by atoms with Crippen LogP contribution in [0.4, 0.5) is 0 Å². The minimum atomic E-state index is 0.773. The first-order chi connectivity index (χ1) is 9.65. The molecule has 0 saturated carbocycles. The maximum Gasteiger partial charge on any atom is 0.0460 e. The van der Waals surface area contributed by atoms with Crippen LogP contribution < -0.4 is 0 Å². The number of nitrogens with zero attached hydrogens (tertiary/aromatic N) is 1. The van der Waals surface area contributed by atoms with Crippen molar-refractivity contribution in [3.05, 3.63) is 47.5 Å². The highest BCUT2D eigenvalue weighted by Gasteiger charge is 2.05. The fourth-order valence-corrected chi connectivity index (χ4v) is 3.48. The zero-order valence-electron chi connectivity index (χ0n) is 12.2. The number of fused-ring (bicyclic) bond motifs is 3. The van der Waals surface area contributed by atoms with E-state index in [1.165, 1.54) is 31.3 Å². The van der Waals surface area contributed by atoms with Crippen LogP contribution in [0.1, 0.15) is 18.1 Å². The topological polar surface area (TPSA) is 12.4 Å². The molecule has 0 spiro atoms. The number of aliphatic imine (C=N–C) groups is 1. The predicted molar refractivity (Wildman–Crippen MR) is 91.3 cm³/mol. The Morgan fingerprint density at radius 3 is 2.30 bits per heavy atom. The molecule has 2 heteroatoms. The number of rotatable bonds is 0. The van der Waals surface area contributed by atoms with Gasteiger partial charge >= 0.3 is 0 Å². The SMILES string of the molecule is CC1C=NC1.Cc1cc2sc3ccccc3c2cc1C. The van der Waals surface area contributed by atoms with E-state index >= 15 is 0 Å². The minimum Gasteiger partial charge on any atom is -0.297 e. The molecule has 0 saturated heterocycles. The molecule has 0 bridgehead atoms. The van der Waals surface area contributed by atoms with Gasteiger partial charge in [-0.25, -0.2) is 0 Å². The third-order valence-electron chi connectivity index (χ3n) is 3.75. The summed E-state index contributed by atoms with van der Waals surface area (Å²) in [6, 6.07) is 13.2. The second kappa shape index (κ2) is 5.37. The average molecular weight is 281 g/mol. The van der Waals surface area contributed by atoms with Gasteiger partial charge in [0.2, 0.25) is 0 Å². The summed E-state index contributed by atoms with van der Waals surface area (Å²) in [5.74, 6) is 0.773. The Morgan fingerprint density at radius 1 is 1.00 bits per heavy atom. The lowest BCUT2D eigenvalue weighted by Gasteiger charge is -2.07. The molecule has 1 unspecified atom stereocenters. The van der Waals surface area contributed by atoms with Crippen LogP contribution in [0.25, 0.3) is 20.2 Å². The van der Waals surface area contributed by atoms with E-state index in [2.05, 4.69) is 62.2 Å². The van der Waals surface area contributed by atoms with E-state index in [0.29, 0.717) is 0 Å². The first-order valence-electron chi connectivity index (χ1n) is 7.03. The van der Waals surface area contributed by atoms with E-state index in [4.69, 9.17) is 0 Å². The molecular formula is C18H19NS. The Morgan fingerprint density at radius 2 is 1.65 bits per heavy atom. The van der Waals surface area contributed by atoms with Gasteiger partial charge in [0.1, 0.15) is 0 Å². The number of thiophene rings is 1. The maximum absolute atomic E-state index is 3.87. The molecule has 1 nitrogen and oxygen atoms in total. The molecule has 0 aliphatic carbocycles. The molecule has 0 N–H and O–H groups in total. The zero-order valence-corrected chi connectivity index (χ0v) is 13.0. The second-order valence-electron chi connectivity index (χ2n) is 5.52. The van der Waals surface area contributed by atoms with Crippen molar-refractivity contribution in [2.45, 2.75) is 20.8 Å². The summed E-state index contributed by atoms with van der Waals surface area (Å²) in [5.41, 5.74) is 2.76. The molecule has 4 rings (SSSR count). The summed E-state index contributed by atoms with van der Waals surface area (Å²) < 4.78 is 2.79. The predicted octanol–water partition coefficient (Wildman–Crippen LogP) is 5.38. The highest BCUT2D eigenvalue weighted by Crippen LogP contribution is 2.34. The van der Waals surface area contributed by atoms with Gasteiger partial charge in [0.15, 0.2) is 0 Å². The third-order valence-corrected chi connectivity index (χ3v) is 4.88. The quantitative estimate of drug-likeness (QED) is 0.524. The van der Waals surface area contributed by atoms with Crippen LogP contribution in [0.2, 0.25) is 0 Å². The maximum atomic E-state index is 3.87. The van der Waals surface area contributed by atoms with E-state index in [1.54, 1.807) is 0 Å². The largest absolute Gasteiger partial charge is 0.297 e. The molecule has 1 aromatic heterocycles. The molecule has 1 aliphatic heterocycles. The van der Waals surface area contributed by atoms with Crippen LogP contribution in [-0.2, 0) is 0 Å². The van der Waals surface area contributed by atoms with Crippen molar-refractivity contribution in [2.24, 2.45) is 10.9 Å². The Bertz CT molecular complexity index is 783. The first kappa shape index (κ1) is 13.3. The summed E-state index contributed by atoms with van der Waals surface area (Å²) in [7, 11) is 0. The molecule has 0 amide bonds. The fourth-order valence-electron chi connectivity index (χ4n) is 2.30. The number of benzene rings is 2. The zero-order chi connectivity index (χ0) is 14.1. The second-order valence-corrected chi connectivity index (χ2v) is 6.61. The lowest BCUT2D eigenvalue weighted by atomic mass is 10.1. The monoisotopic (exact) mass is 281 g/mol. The van der Waals surface area contributed by atoms with Crippen molar-refractivity contribution in [2.75, 3.05) is 6.54 Å². The van der Waals surface area contributed by atoms with Crippen molar-refractivity contribution >= 4 is 37.7 Å². The van der Waals surface area contributed by atoms with Crippen LogP contribution in [0.5, 0.6) is 0 Å². The summed E-state index contributed by atoms with van der Waals surface area (Å²) >= 11 is 1.88. The van der Waals surface area contributed by atoms with Gasteiger partial charge in [-0.3, -0.25) is 4.99 Å². The van der Waals surface area contributed by atoms with E-state index < -0.39 is 0 Å². The van der Waals surface area contributed by atoms with Crippen molar-refractivity contribution < 1.29 is 0 Å². The van der Waals surface area contributed by atoms with Gasteiger partial charge in [-0.2, -0.15) is 0 Å². The van der Waals surface area contributed by atoms with Gasteiger partial charge in [-0.1, -0.05) is 25.1 Å². The fraction of sp³-hybridized carbons (Fsp3) is 0.278. The van der Waals surface area contributed by atoms with Crippen LogP contribution in [0.15, 0.2) is 41.4 Å². The minimum absolute atomic E-state index is 0.773. The van der Waals surface area contributed by atoms with Gasteiger partial charge in [-0.05, 0) is 43.2 Å². The standard InChI is InChI=1S/C14H12S.C4H7N/c1-9-7-12-11-5-3-4-6-13(11)15-14(12)8-10(9)2;1-4-2-5-3-4/h3-8H,1-2H3;2,4H,3H2,1H3. The van der Waals surface area contributed by atoms with E-state index in [9.17, 15) is 0 Å². The van der Waals surface area contributed by atoms with E-state index in [1.807, 2.05) is 17.6 Å². The number of aryl methyl sites for hydroxylation is 2. The lowest BCUT2D eigenvalue weighted by molar-refractivity contribution is 0.735. The molecule has 2 aromatic carbocycles. The molecule has 3 aromatic rings. The summed E-state index contributed by atoms with van der Waals surface area (Å²) in [6.07, 6.45) is 1.97. The lowest BCUT2D eigenvalue weighted by Crippen LogP contribution is -2.09. The highest BCUT2D eigenvalue weighted by atomic mass is 32.1. The van der Waals surface area contributed by atoms with Crippen LogP contribution >= 0.6 is 11.3 Å².